The molecule has 1 aliphatic rings. The van der Waals surface area contributed by atoms with Gasteiger partial charge < -0.3 is 9.84 Å². The zero-order valence-corrected chi connectivity index (χ0v) is 10.6. The van der Waals surface area contributed by atoms with Crippen molar-refractivity contribution in [2.24, 2.45) is 5.92 Å². The minimum atomic E-state index is -0.936. The summed E-state index contributed by atoms with van der Waals surface area (Å²) >= 11 is 0. The Morgan fingerprint density at radius 1 is 1.47 bits per heavy atom. The molecule has 1 aromatic rings. The van der Waals surface area contributed by atoms with Crippen LogP contribution in [-0.2, 0) is 9.59 Å². The average Bonchev–Trinajstić information content (AvgIpc) is 2.38. The summed E-state index contributed by atoms with van der Waals surface area (Å²) in [6.45, 7) is 0. The Kier molecular flexibility index (Phi) is 3.83. The van der Waals surface area contributed by atoms with Crippen LogP contribution < -0.4 is 4.74 Å². The first-order chi connectivity index (χ1) is 9.02. The maximum atomic E-state index is 13.7. The van der Waals surface area contributed by atoms with E-state index in [9.17, 15) is 19.1 Å². The molecule has 0 aliphatic heterocycles. The summed E-state index contributed by atoms with van der Waals surface area (Å²) in [5, 5.41) is 9.20. The molecular weight excluding hydrogens is 251 g/mol. The Balaban J connectivity index is 2.33. The maximum absolute atomic E-state index is 13.7. The monoisotopic (exact) mass is 266 g/mol. The van der Waals surface area contributed by atoms with Crippen molar-refractivity contribution in [1.82, 2.24) is 0 Å². The smallest absolute Gasteiger partial charge is 0.307 e. The van der Waals surface area contributed by atoms with Crippen molar-refractivity contribution < 1.29 is 23.8 Å². The fraction of sp³-hybridized carbons (Fsp3) is 0.429. The Morgan fingerprint density at radius 3 is 2.79 bits per heavy atom. The van der Waals surface area contributed by atoms with E-state index in [0.717, 1.165) is 0 Å². The van der Waals surface area contributed by atoms with Crippen LogP contribution in [0.4, 0.5) is 4.39 Å². The molecule has 1 aliphatic carbocycles. The van der Waals surface area contributed by atoms with Crippen molar-refractivity contribution in [3.05, 3.63) is 29.6 Å². The number of Topliss-reactive ketones (excluding diaryl/α,β-unsaturated/α-hetero) is 1. The minimum absolute atomic E-state index is 0.0266. The molecule has 2 atom stereocenters. The average molecular weight is 266 g/mol. The number of carbonyl (C=O) groups is 2. The van der Waals surface area contributed by atoms with E-state index in [0.29, 0.717) is 12.0 Å². The Bertz CT molecular complexity index is 512. The molecule has 1 N–H and O–H groups in total. The topological polar surface area (TPSA) is 63.6 Å². The van der Waals surface area contributed by atoms with Gasteiger partial charge in [0.25, 0.3) is 0 Å². The third-order valence-electron chi connectivity index (χ3n) is 3.59. The fourth-order valence-corrected chi connectivity index (χ4v) is 2.57. The first-order valence-corrected chi connectivity index (χ1v) is 6.11. The number of methoxy groups -OCH3 is 1. The summed E-state index contributed by atoms with van der Waals surface area (Å²) < 4.78 is 18.5. The summed E-state index contributed by atoms with van der Waals surface area (Å²) in [7, 11) is 1.36. The standard InChI is InChI=1S/C14H15FO4/c1-19-13-5-2-8(6-12(13)15)11-7-9(16)3-4-10(11)14(17)18/h2,5-6,10-11H,3-4,7H2,1H3,(H,17,18). The van der Waals surface area contributed by atoms with Gasteiger partial charge in [-0.2, -0.15) is 0 Å². The first-order valence-electron chi connectivity index (χ1n) is 6.11. The van der Waals surface area contributed by atoms with Crippen molar-refractivity contribution in [3.8, 4) is 5.75 Å². The van der Waals surface area contributed by atoms with E-state index < -0.39 is 23.6 Å². The number of hydrogen-bond donors (Lipinski definition) is 1. The van der Waals surface area contributed by atoms with Crippen molar-refractivity contribution in [1.29, 1.82) is 0 Å². The fourth-order valence-electron chi connectivity index (χ4n) is 2.57. The lowest BCUT2D eigenvalue weighted by molar-refractivity contribution is -0.144. The molecule has 102 valence electrons. The van der Waals surface area contributed by atoms with Crippen LogP contribution in [0.25, 0.3) is 0 Å². The van der Waals surface area contributed by atoms with Crippen LogP contribution in [0.5, 0.6) is 5.75 Å². The van der Waals surface area contributed by atoms with Gasteiger partial charge in [0.2, 0.25) is 0 Å². The number of benzene rings is 1. The lowest BCUT2D eigenvalue weighted by Gasteiger charge is -2.28. The SMILES string of the molecule is COc1ccc(C2CC(=O)CCC2C(=O)O)cc1F. The number of ether oxygens (including phenoxy) is 1. The van der Waals surface area contributed by atoms with Gasteiger partial charge in [0.05, 0.1) is 13.0 Å². The number of carboxylic acids is 1. The number of carboxylic acid groups (broad SMARTS) is 1. The van der Waals surface area contributed by atoms with E-state index >= 15 is 0 Å². The molecule has 5 heteroatoms. The van der Waals surface area contributed by atoms with Gasteiger partial charge in [0, 0.05) is 18.8 Å². The van der Waals surface area contributed by atoms with Crippen LogP contribution in [0.15, 0.2) is 18.2 Å². The molecule has 4 nitrogen and oxygen atoms in total. The molecule has 19 heavy (non-hydrogen) atoms. The van der Waals surface area contributed by atoms with Crippen LogP contribution >= 0.6 is 0 Å². The molecule has 1 aromatic carbocycles. The van der Waals surface area contributed by atoms with E-state index in [2.05, 4.69) is 0 Å². The molecule has 1 fully saturated rings. The van der Waals surface area contributed by atoms with Gasteiger partial charge in [-0.25, -0.2) is 4.39 Å². The number of hydrogen-bond acceptors (Lipinski definition) is 3. The number of aliphatic carboxylic acids is 1. The second-order valence-electron chi connectivity index (χ2n) is 4.73. The van der Waals surface area contributed by atoms with Crippen LogP contribution in [0.3, 0.4) is 0 Å². The predicted octanol–water partition coefficient (Wildman–Crippen LogP) is 2.37. The minimum Gasteiger partial charge on any atom is -0.494 e. The highest BCUT2D eigenvalue weighted by Gasteiger charge is 2.35. The van der Waals surface area contributed by atoms with Gasteiger partial charge in [0.15, 0.2) is 11.6 Å². The Morgan fingerprint density at radius 2 is 2.21 bits per heavy atom. The van der Waals surface area contributed by atoms with Gasteiger partial charge in [-0.1, -0.05) is 6.07 Å². The Hall–Kier alpha value is -1.91. The van der Waals surface area contributed by atoms with Gasteiger partial charge in [-0.15, -0.1) is 0 Å². The summed E-state index contributed by atoms with van der Waals surface area (Å²) in [5.74, 6) is -2.43. The third kappa shape index (κ3) is 2.75. The molecule has 0 saturated heterocycles. The third-order valence-corrected chi connectivity index (χ3v) is 3.59. The molecule has 2 rings (SSSR count). The number of rotatable bonds is 3. The first kappa shape index (κ1) is 13.5. The van der Waals surface area contributed by atoms with Crippen LogP contribution in [0.1, 0.15) is 30.7 Å². The van der Waals surface area contributed by atoms with Gasteiger partial charge in [-0.05, 0) is 24.1 Å². The second-order valence-corrected chi connectivity index (χ2v) is 4.73. The quantitative estimate of drug-likeness (QED) is 0.912. The van der Waals surface area contributed by atoms with Crippen LogP contribution in [-0.4, -0.2) is 24.0 Å². The number of halogens is 1. The van der Waals surface area contributed by atoms with Crippen molar-refractivity contribution >= 4 is 11.8 Å². The zero-order chi connectivity index (χ0) is 14.0. The van der Waals surface area contributed by atoms with Gasteiger partial charge in [0.1, 0.15) is 5.78 Å². The largest absolute Gasteiger partial charge is 0.494 e. The summed E-state index contributed by atoms with van der Waals surface area (Å²) in [6, 6.07) is 4.35. The van der Waals surface area contributed by atoms with Crippen LogP contribution in [0.2, 0.25) is 0 Å². The molecule has 0 heterocycles. The second kappa shape index (κ2) is 5.38. The molecular formula is C14H15FO4. The molecule has 0 aromatic heterocycles. The predicted molar refractivity (Wildman–Crippen MR) is 65.7 cm³/mol. The summed E-state index contributed by atoms with van der Waals surface area (Å²) in [6.07, 6.45) is 0.751. The number of ketones is 1. The normalized spacial score (nSPS) is 23.2. The highest BCUT2D eigenvalue weighted by atomic mass is 19.1. The van der Waals surface area contributed by atoms with Gasteiger partial charge in [-0.3, -0.25) is 9.59 Å². The van der Waals surface area contributed by atoms with E-state index in [4.69, 9.17) is 4.74 Å². The lowest BCUT2D eigenvalue weighted by Crippen LogP contribution is -2.29. The summed E-state index contributed by atoms with van der Waals surface area (Å²) in [4.78, 5) is 22.7. The highest BCUT2D eigenvalue weighted by Crippen LogP contribution is 2.37. The van der Waals surface area contributed by atoms with Crippen molar-refractivity contribution in [3.63, 3.8) is 0 Å². The molecule has 0 spiro atoms. The molecule has 0 radical (unpaired) electrons. The molecule has 1 saturated carbocycles. The van der Waals surface area contributed by atoms with E-state index in [1.165, 1.54) is 19.2 Å². The highest BCUT2D eigenvalue weighted by molar-refractivity contribution is 5.83. The molecule has 2 unspecified atom stereocenters. The van der Waals surface area contributed by atoms with E-state index in [1.807, 2.05) is 0 Å². The van der Waals surface area contributed by atoms with Gasteiger partial charge >= 0.3 is 5.97 Å². The number of carbonyl (C=O) groups excluding carboxylic acids is 1. The lowest BCUT2D eigenvalue weighted by atomic mass is 9.75. The van der Waals surface area contributed by atoms with Crippen molar-refractivity contribution in [2.75, 3.05) is 7.11 Å². The Labute approximate surface area is 110 Å². The van der Waals surface area contributed by atoms with Crippen LogP contribution in [0, 0.1) is 11.7 Å². The summed E-state index contributed by atoms with van der Waals surface area (Å²) in [5.41, 5.74) is 0.541. The maximum Gasteiger partial charge on any atom is 0.307 e. The van der Waals surface area contributed by atoms with E-state index in [-0.39, 0.29) is 24.4 Å². The zero-order valence-electron chi connectivity index (χ0n) is 10.6. The van der Waals surface area contributed by atoms with Crippen molar-refractivity contribution in [2.45, 2.75) is 25.2 Å². The molecule has 0 amide bonds. The van der Waals surface area contributed by atoms with E-state index in [1.54, 1.807) is 6.07 Å². The molecule has 0 bridgehead atoms.